The highest BCUT2D eigenvalue weighted by Gasteiger charge is 2.41. The molecule has 5 aromatic rings. The molecule has 5 rings (SSSR count). The Labute approximate surface area is 198 Å². The molecule has 178 valence electrons. The van der Waals surface area contributed by atoms with E-state index in [9.17, 15) is 22.8 Å². The first-order chi connectivity index (χ1) is 16.7. The number of aromatic nitrogens is 7. The van der Waals surface area contributed by atoms with Crippen molar-refractivity contribution in [2.45, 2.75) is 6.18 Å². The second kappa shape index (κ2) is 8.13. The number of nitrogens with one attached hydrogen (secondary N) is 2. The number of alkyl halides is 3. The molecule has 0 spiro atoms. The van der Waals surface area contributed by atoms with E-state index in [1.165, 1.54) is 58.3 Å². The van der Waals surface area contributed by atoms with Crippen LogP contribution in [0.2, 0.25) is 5.02 Å². The number of carbonyl (C=O) groups excluding carboxylic acids is 1. The summed E-state index contributed by atoms with van der Waals surface area (Å²) in [5.41, 5.74) is -2.48. The number of benzene rings is 1. The highest BCUT2D eigenvalue weighted by molar-refractivity contribution is 6.32. The summed E-state index contributed by atoms with van der Waals surface area (Å²) in [5, 5.41) is 14.8. The monoisotopic (exact) mass is 502 g/mol. The number of carbonyl (C=O) groups is 1. The van der Waals surface area contributed by atoms with Crippen molar-refractivity contribution in [3.63, 3.8) is 0 Å². The van der Waals surface area contributed by atoms with Crippen LogP contribution in [0.5, 0.6) is 0 Å². The van der Waals surface area contributed by atoms with Crippen LogP contribution in [0.1, 0.15) is 16.1 Å². The third-order valence-corrected chi connectivity index (χ3v) is 5.59. The molecular formula is C21H14ClF3N8O2. The molecule has 1 amide bonds. The van der Waals surface area contributed by atoms with Crippen LogP contribution in [-0.4, -0.2) is 40.2 Å². The van der Waals surface area contributed by atoms with Gasteiger partial charge in [0.2, 0.25) is 0 Å². The lowest BCUT2D eigenvalue weighted by Crippen LogP contribution is -2.22. The standard InChI is InChI=1S/C21H14ClF3N8O2/c1-31-16(9-14(22)20(31)33-27-7-8-28-33)30-19(35)13-10-29-32(17(13)21(23,24)25)15-4-2-3-12-11(15)5-6-26-18(12)34/h2-10H,1H3,(H,26,34)(H,30,35). The predicted molar refractivity (Wildman–Crippen MR) is 120 cm³/mol. The fourth-order valence-corrected chi connectivity index (χ4v) is 4.08. The Hall–Kier alpha value is -4.39. The summed E-state index contributed by atoms with van der Waals surface area (Å²) < 4.78 is 44.6. The second-order valence-corrected chi connectivity index (χ2v) is 7.80. The summed E-state index contributed by atoms with van der Waals surface area (Å²) in [6.07, 6.45) is 0.0519. The molecule has 1 aromatic carbocycles. The van der Waals surface area contributed by atoms with E-state index in [4.69, 9.17) is 11.6 Å². The van der Waals surface area contributed by atoms with E-state index >= 15 is 0 Å². The second-order valence-electron chi connectivity index (χ2n) is 7.39. The number of amides is 1. The molecule has 0 aliphatic rings. The molecule has 0 unspecified atom stereocenters. The molecule has 0 radical (unpaired) electrons. The van der Waals surface area contributed by atoms with Crippen LogP contribution in [-0.2, 0) is 13.2 Å². The number of hydrogen-bond donors (Lipinski definition) is 2. The molecule has 0 fully saturated rings. The lowest BCUT2D eigenvalue weighted by atomic mass is 10.1. The van der Waals surface area contributed by atoms with Gasteiger partial charge in [0.1, 0.15) is 5.82 Å². The minimum absolute atomic E-state index is 0.00562. The topological polar surface area (TPSA) is 115 Å². The fourth-order valence-electron chi connectivity index (χ4n) is 3.77. The molecule has 0 saturated carbocycles. The normalized spacial score (nSPS) is 11.8. The van der Waals surface area contributed by atoms with Gasteiger partial charge in [0, 0.05) is 30.1 Å². The Morgan fingerprint density at radius 3 is 2.57 bits per heavy atom. The van der Waals surface area contributed by atoms with Crippen molar-refractivity contribution in [3.8, 4) is 11.5 Å². The highest BCUT2D eigenvalue weighted by Crippen LogP contribution is 2.35. The number of H-pyrrole nitrogens is 1. The molecule has 14 heteroatoms. The van der Waals surface area contributed by atoms with Crippen LogP contribution < -0.4 is 10.9 Å². The molecule has 0 atom stereocenters. The number of rotatable bonds is 4. The van der Waals surface area contributed by atoms with Gasteiger partial charge in [-0.15, -0.1) is 4.80 Å². The molecule has 0 aliphatic carbocycles. The molecule has 10 nitrogen and oxygen atoms in total. The number of halogens is 4. The van der Waals surface area contributed by atoms with Gasteiger partial charge < -0.3 is 14.9 Å². The highest BCUT2D eigenvalue weighted by atomic mass is 35.5. The van der Waals surface area contributed by atoms with Gasteiger partial charge in [-0.05, 0) is 18.2 Å². The van der Waals surface area contributed by atoms with Gasteiger partial charge in [-0.2, -0.15) is 28.5 Å². The van der Waals surface area contributed by atoms with Crippen LogP contribution in [0.4, 0.5) is 19.0 Å². The SMILES string of the molecule is Cn1c(NC(=O)c2cnn(-c3cccc4c(=O)[nH]ccc34)c2C(F)(F)F)cc(Cl)c1-n1nccn1. The minimum atomic E-state index is -4.94. The Morgan fingerprint density at radius 2 is 1.86 bits per heavy atom. The summed E-state index contributed by atoms with van der Waals surface area (Å²) in [5.74, 6) is -0.636. The van der Waals surface area contributed by atoms with Crippen molar-refractivity contribution in [2.24, 2.45) is 7.05 Å². The van der Waals surface area contributed by atoms with Gasteiger partial charge in [0.25, 0.3) is 11.5 Å². The third-order valence-electron chi connectivity index (χ3n) is 5.31. The number of hydrogen-bond acceptors (Lipinski definition) is 5. The van der Waals surface area contributed by atoms with E-state index in [2.05, 4.69) is 25.6 Å². The van der Waals surface area contributed by atoms with Crippen molar-refractivity contribution < 1.29 is 18.0 Å². The maximum atomic E-state index is 14.2. The van der Waals surface area contributed by atoms with E-state index in [1.54, 1.807) is 7.05 Å². The first-order valence-electron chi connectivity index (χ1n) is 9.96. The number of aromatic amines is 1. The molecule has 4 aromatic heterocycles. The Kier molecular flexibility index (Phi) is 5.20. The smallest absolute Gasteiger partial charge is 0.329 e. The van der Waals surface area contributed by atoms with E-state index in [1.807, 2.05) is 0 Å². The van der Waals surface area contributed by atoms with E-state index in [-0.39, 0.29) is 27.3 Å². The maximum absolute atomic E-state index is 14.2. The summed E-state index contributed by atoms with van der Waals surface area (Å²) in [6, 6.07) is 7.13. The van der Waals surface area contributed by atoms with Gasteiger partial charge in [-0.1, -0.05) is 17.7 Å². The van der Waals surface area contributed by atoms with Crippen LogP contribution in [0.15, 0.2) is 59.9 Å². The van der Waals surface area contributed by atoms with E-state index in [0.717, 1.165) is 6.20 Å². The van der Waals surface area contributed by atoms with E-state index in [0.29, 0.717) is 10.5 Å². The zero-order valence-electron chi connectivity index (χ0n) is 17.7. The molecule has 0 aliphatic heterocycles. The van der Waals surface area contributed by atoms with E-state index < -0.39 is 28.9 Å². The fraction of sp³-hybridized carbons (Fsp3) is 0.0952. The first kappa shape index (κ1) is 22.4. The van der Waals surface area contributed by atoms with Crippen LogP contribution >= 0.6 is 11.6 Å². The molecule has 4 heterocycles. The summed E-state index contributed by atoms with van der Waals surface area (Å²) in [4.78, 5) is 28.8. The zero-order valence-corrected chi connectivity index (χ0v) is 18.5. The van der Waals surface area contributed by atoms with Crippen LogP contribution in [0.3, 0.4) is 0 Å². The minimum Gasteiger partial charge on any atom is -0.329 e. The lowest BCUT2D eigenvalue weighted by Gasteiger charge is -2.14. The summed E-state index contributed by atoms with van der Waals surface area (Å²) in [7, 11) is 1.54. The van der Waals surface area contributed by atoms with Crippen molar-refractivity contribution in [1.82, 2.24) is 34.3 Å². The Bertz CT molecular complexity index is 1630. The van der Waals surface area contributed by atoms with Gasteiger partial charge in [0.15, 0.2) is 11.5 Å². The molecule has 35 heavy (non-hydrogen) atoms. The third kappa shape index (κ3) is 3.75. The number of fused-ring (bicyclic) bond motifs is 1. The van der Waals surface area contributed by atoms with Crippen molar-refractivity contribution in [3.05, 3.63) is 81.8 Å². The Balaban J connectivity index is 1.59. The molecular weight excluding hydrogens is 489 g/mol. The lowest BCUT2D eigenvalue weighted by molar-refractivity contribution is -0.143. The molecule has 0 bridgehead atoms. The van der Waals surface area contributed by atoms with Gasteiger partial charge >= 0.3 is 6.18 Å². The van der Waals surface area contributed by atoms with Gasteiger partial charge in [-0.25, -0.2) is 4.68 Å². The average Bonchev–Trinajstić information content (AvgIpc) is 3.53. The largest absolute Gasteiger partial charge is 0.434 e. The number of pyridine rings is 1. The predicted octanol–water partition coefficient (Wildman–Crippen LogP) is 3.56. The van der Waals surface area contributed by atoms with Gasteiger partial charge in [0.05, 0.1) is 34.9 Å². The Morgan fingerprint density at radius 1 is 1.11 bits per heavy atom. The van der Waals surface area contributed by atoms with Crippen molar-refractivity contribution in [1.29, 1.82) is 0 Å². The van der Waals surface area contributed by atoms with Gasteiger partial charge in [-0.3, -0.25) is 9.59 Å². The van der Waals surface area contributed by atoms with Crippen molar-refractivity contribution in [2.75, 3.05) is 5.32 Å². The summed E-state index contributed by atoms with van der Waals surface area (Å²) in [6.45, 7) is 0. The maximum Gasteiger partial charge on any atom is 0.434 e. The average molecular weight is 503 g/mol. The molecule has 2 N–H and O–H groups in total. The first-order valence-corrected chi connectivity index (χ1v) is 10.3. The number of anilines is 1. The summed E-state index contributed by atoms with van der Waals surface area (Å²) >= 11 is 6.23. The van der Waals surface area contributed by atoms with Crippen molar-refractivity contribution >= 4 is 34.1 Å². The molecule has 0 saturated heterocycles. The van der Waals surface area contributed by atoms with Crippen LogP contribution in [0.25, 0.3) is 22.3 Å². The zero-order chi connectivity index (χ0) is 24.9. The number of nitrogens with zero attached hydrogens (tertiary/aromatic N) is 6. The quantitative estimate of drug-likeness (QED) is 0.390. The van der Waals surface area contributed by atoms with Crippen LogP contribution in [0, 0.1) is 0 Å².